The van der Waals surface area contributed by atoms with Crippen molar-refractivity contribution in [1.29, 1.82) is 0 Å². The van der Waals surface area contributed by atoms with E-state index in [0.717, 1.165) is 23.7 Å². The maximum atomic E-state index is 5.64. The molecule has 11 heavy (non-hydrogen) atoms. The molecule has 0 radical (unpaired) electrons. The third kappa shape index (κ3) is 0.451. The molecule has 1 saturated heterocycles. The van der Waals surface area contributed by atoms with E-state index in [1.54, 1.807) is 0 Å². The van der Waals surface area contributed by atoms with Crippen LogP contribution < -0.4 is 0 Å². The van der Waals surface area contributed by atoms with Gasteiger partial charge in [0.1, 0.15) is 0 Å². The molecule has 0 aromatic heterocycles. The average molecular weight is 148 g/mol. The van der Waals surface area contributed by atoms with Crippen LogP contribution in [0, 0.1) is 23.7 Å². The van der Waals surface area contributed by atoms with Crippen molar-refractivity contribution in [2.24, 2.45) is 23.7 Å². The Labute approximate surface area is 66.4 Å². The summed E-state index contributed by atoms with van der Waals surface area (Å²) >= 11 is 0. The Hall–Kier alpha value is -0.300. The van der Waals surface area contributed by atoms with E-state index in [4.69, 9.17) is 4.74 Å². The van der Waals surface area contributed by atoms with Crippen LogP contribution in [0.4, 0.5) is 0 Å². The van der Waals surface area contributed by atoms with Crippen molar-refractivity contribution >= 4 is 0 Å². The standard InChI is InChI=1S/C10H12O/c1-2-5-6(3-1)8-4-7(5)9-10(8)11-9/h1-2,5-10H,3-4H2/t5-,6+,7-,8+,9-,10+/m0/s1. The zero-order chi connectivity index (χ0) is 7.00. The van der Waals surface area contributed by atoms with Gasteiger partial charge in [-0.1, -0.05) is 12.2 Å². The van der Waals surface area contributed by atoms with E-state index in [9.17, 15) is 0 Å². The van der Waals surface area contributed by atoms with E-state index >= 15 is 0 Å². The highest BCUT2D eigenvalue weighted by atomic mass is 16.6. The predicted molar refractivity (Wildman–Crippen MR) is 41.0 cm³/mol. The molecule has 0 aromatic rings. The van der Waals surface area contributed by atoms with Gasteiger partial charge < -0.3 is 4.74 Å². The van der Waals surface area contributed by atoms with Crippen LogP contribution in [0.15, 0.2) is 12.2 Å². The fourth-order valence-electron chi connectivity index (χ4n) is 3.82. The van der Waals surface area contributed by atoms with Crippen LogP contribution in [0.1, 0.15) is 12.8 Å². The fraction of sp³-hybridized carbons (Fsp3) is 0.800. The number of fused-ring (bicyclic) bond motifs is 8. The molecule has 3 fully saturated rings. The molecule has 58 valence electrons. The molecule has 1 nitrogen and oxygen atoms in total. The van der Waals surface area contributed by atoms with E-state index in [1.807, 2.05) is 0 Å². The molecule has 0 aromatic carbocycles. The van der Waals surface area contributed by atoms with Crippen LogP contribution >= 0.6 is 0 Å². The van der Waals surface area contributed by atoms with E-state index in [-0.39, 0.29) is 0 Å². The van der Waals surface area contributed by atoms with Crippen LogP contribution in [-0.2, 0) is 4.74 Å². The Morgan fingerprint density at radius 2 is 2.00 bits per heavy atom. The molecule has 0 N–H and O–H groups in total. The normalized spacial score (nSPS) is 68.4. The first-order chi connectivity index (χ1) is 5.45. The Morgan fingerprint density at radius 3 is 3.00 bits per heavy atom. The molecule has 6 atom stereocenters. The molecular formula is C10H12O. The van der Waals surface area contributed by atoms with Crippen LogP contribution in [0.3, 0.4) is 0 Å². The molecule has 1 heterocycles. The highest BCUT2D eigenvalue weighted by Gasteiger charge is 2.66. The van der Waals surface area contributed by atoms with Crippen LogP contribution in [0.5, 0.6) is 0 Å². The van der Waals surface area contributed by atoms with Crippen molar-refractivity contribution in [3.05, 3.63) is 12.2 Å². The summed E-state index contributed by atoms with van der Waals surface area (Å²) in [5.74, 6) is 3.78. The molecule has 0 amide bonds. The van der Waals surface area contributed by atoms with Gasteiger partial charge in [0.2, 0.25) is 0 Å². The topological polar surface area (TPSA) is 12.5 Å². The SMILES string of the molecule is C1=C[C@H]2[C@@H](C1)[C@H]1C[C@@H]2[C@@H]2O[C@H]12. The van der Waals surface area contributed by atoms with E-state index in [1.165, 1.54) is 12.8 Å². The molecule has 3 aliphatic carbocycles. The van der Waals surface area contributed by atoms with E-state index in [0.29, 0.717) is 12.2 Å². The van der Waals surface area contributed by atoms with Crippen molar-refractivity contribution in [3.63, 3.8) is 0 Å². The molecule has 1 aliphatic heterocycles. The van der Waals surface area contributed by atoms with E-state index < -0.39 is 0 Å². The van der Waals surface area contributed by atoms with Crippen molar-refractivity contribution in [1.82, 2.24) is 0 Å². The third-order valence-electron chi connectivity index (χ3n) is 4.26. The van der Waals surface area contributed by atoms with Gasteiger partial charge in [0.15, 0.2) is 0 Å². The molecule has 4 rings (SSSR count). The highest BCUT2D eigenvalue weighted by molar-refractivity contribution is 5.21. The minimum atomic E-state index is 0.698. The van der Waals surface area contributed by atoms with Crippen molar-refractivity contribution in [2.75, 3.05) is 0 Å². The summed E-state index contributed by atoms with van der Waals surface area (Å²) in [6.45, 7) is 0. The zero-order valence-electron chi connectivity index (χ0n) is 6.44. The van der Waals surface area contributed by atoms with Gasteiger partial charge in [-0.3, -0.25) is 0 Å². The maximum absolute atomic E-state index is 5.64. The Kier molecular flexibility index (Phi) is 0.695. The van der Waals surface area contributed by atoms with Gasteiger partial charge in [0, 0.05) is 0 Å². The van der Waals surface area contributed by atoms with Crippen molar-refractivity contribution < 1.29 is 4.74 Å². The van der Waals surface area contributed by atoms with E-state index in [2.05, 4.69) is 12.2 Å². The third-order valence-corrected chi connectivity index (χ3v) is 4.26. The monoisotopic (exact) mass is 148 g/mol. The number of epoxide rings is 1. The molecular weight excluding hydrogens is 136 g/mol. The number of allylic oxidation sites excluding steroid dienone is 2. The summed E-state index contributed by atoms with van der Waals surface area (Å²) < 4.78 is 5.64. The second-order valence-corrected chi connectivity index (χ2v) is 4.53. The lowest BCUT2D eigenvalue weighted by atomic mass is 9.82. The predicted octanol–water partition coefficient (Wildman–Crippen LogP) is 1.60. The first kappa shape index (κ1) is 5.36. The molecule has 0 unspecified atom stereocenters. The smallest absolute Gasteiger partial charge is 0.0878 e. The van der Waals surface area contributed by atoms with Gasteiger partial charge in [-0.05, 0) is 36.5 Å². The highest BCUT2D eigenvalue weighted by Crippen LogP contribution is 2.64. The quantitative estimate of drug-likeness (QED) is 0.375. The second-order valence-electron chi connectivity index (χ2n) is 4.53. The molecule has 1 heteroatoms. The molecule has 2 bridgehead atoms. The molecule has 0 spiro atoms. The number of rotatable bonds is 0. The molecule has 2 saturated carbocycles. The largest absolute Gasteiger partial charge is 0.369 e. The summed E-state index contributed by atoms with van der Waals surface area (Å²) in [7, 11) is 0. The Balaban J connectivity index is 1.82. The van der Waals surface area contributed by atoms with Crippen LogP contribution in [0.2, 0.25) is 0 Å². The van der Waals surface area contributed by atoms with Gasteiger partial charge in [0.25, 0.3) is 0 Å². The lowest BCUT2D eigenvalue weighted by Crippen LogP contribution is -2.23. The zero-order valence-corrected chi connectivity index (χ0v) is 6.44. The van der Waals surface area contributed by atoms with Gasteiger partial charge in [0.05, 0.1) is 12.2 Å². The van der Waals surface area contributed by atoms with Crippen molar-refractivity contribution in [3.8, 4) is 0 Å². The lowest BCUT2D eigenvalue weighted by molar-refractivity contribution is 0.250. The van der Waals surface area contributed by atoms with Gasteiger partial charge in [-0.2, -0.15) is 0 Å². The number of hydrogen-bond acceptors (Lipinski definition) is 1. The van der Waals surface area contributed by atoms with Crippen LogP contribution in [0.25, 0.3) is 0 Å². The summed E-state index contributed by atoms with van der Waals surface area (Å²) in [5, 5.41) is 0. The number of hydrogen-bond donors (Lipinski definition) is 0. The Bertz CT molecular complexity index is 245. The maximum Gasteiger partial charge on any atom is 0.0878 e. The summed E-state index contributed by atoms with van der Waals surface area (Å²) in [4.78, 5) is 0. The lowest BCUT2D eigenvalue weighted by Gasteiger charge is -2.20. The minimum Gasteiger partial charge on any atom is -0.369 e. The van der Waals surface area contributed by atoms with Gasteiger partial charge in [-0.15, -0.1) is 0 Å². The second kappa shape index (κ2) is 1.42. The first-order valence-electron chi connectivity index (χ1n) is 4.77. The van der Waals surface area contributed by atoms with Gasteiger partial charge in [-0.25, -0.2) is 0 Å². The summed E-state index contributed by atoms with van der Waals surface area (Å²) in [6.07, 6.45) is 9.07. The summed E-state index contributed by atoms with van der Waals surface area (Å²) in [6, 6.07) is 0. The first-order valence-corrected chi connectivity index (χ1v) is 4.77. The van der Waals surface area contributed by atoms with Crippen molar-refractivity contribution in [2.45, 2.75) is 25.0 Å². The fourth-order valence-corrected chi connectivity index (χ4v) is 3.82. The summed E-state index contributed by atoms with van der Waals surface area (Å²) in [5.41, 5.74) is 0. The van der Waals surface area contributed by atoms with Crippen LogP contribution in [-0.4, -0.2) is 12.2 Å². The average Bonchev–Trinajstić information content (AvgIpc) is 2.46. The number of ether oxygens (including phenoxy) is 1. The van der Waals surface area contributed by atoms with Gasteiger partial charge >= 0.3 is 0 Å². The minimum absolute atomic E-state index is 0.698. The molecule has 4 aliphatic rings. The Morgan fingerprint density at radius 1 is 1.09 bits per heavy atom.